The third kappa shape index (κ3) is 3.54. The minimum absolute atomic E-state index is 0.0259. The molecule has 0 saturated carbocycles. The molecule has 122 valence electrons. The maximum Gasteiger partial charge on any atom is 0.296 e. The monoisotopic (exact) mass is 341 g/mol. The van der Waals surface area contributed by atoms with E-state index in [9.17, 15) is 22.9 Å². The number of benzene rings is 1. The molecule has 1 heterocycles. The zero-order valence-corrected chi connectivity index (χ0v) is 12.7. The first-order chi connectivity index (χ1) is 10.7. The molecule has 2 aromatic rings. The molecule has 8 nitrogen and oxygen atoms in total. The first-order valence-corrected chi connectivity index (χ1v) is 8.00. The van der Waals surface area contributed by atoms with E-state index in [1.54, 1.807) is 0 Å². The third-order valence-electron chi connectivity index (χ3n) is 2.91. The maximum atomic E-state index is 13.8. The molecule has 0 atom stereocenters. The van der Waals surface area contributed by atoms with E-state index in [-0.39, 0.29) is 22.2 Å². The molecule has 0 unspecified atom stereocenters. The summed E-state index contributed by atoms with van der Waals surface area (Å²) in [6, 6.07) is 4.10. The van der Waals surface area contributed by atoms with Crippen LogP contribution in [0.5, 0.6) is 11.5 Å². The fraction of sp³-hybridized carbons (Fsp3) is 0.154. The lowest BCUT2D eigenvalue weighted by molar-refractivity contribution is -0.384. The number of halogens is 1. The van der Waals surface area contributed by atoms with E-state index < -0.39 is 32.0 Å². The number of nitrogen functional groups attached to an aromatic ring is 1. The van der Waals surface area contributed by atoms with Gasteiger partial charge in [-0.05, 0) is 12.1 Å². The predicted molar refractivity (Wildman–Crippen MR) is 79.5 cm³/mol. The second-order valence-electron chi connectivity index (χ2n) is 4.44. The van der Waals surface area contributed by atoms with Crippen molar-refractivity contribution in [2.45, 2.75) is 11.9 Å². The van der Waals surface area contributed by atoms with Crippen LogP contribution in [-0.4, -0.2) is 24.1 Å². The van der Waals surface area contributed by atoms with Crippen LogP contribution in [0.1, 0.15) is 6.92 Å². The van der Waals surface area contributed by atoms with Crippen LogP contribution in [0.25, 0.3) is 0 Å². The number of nitro groups is 1. The number of hydrogen-bond donors (Lipinski definition) is 1. The predicted octanol–water partition coefficient (Wildman–Crippen LogP) is 2.30. The van der Waals surface area contributed by atoms with Crippen LogP contribution in [0.4, 0.5) is 15.8 Å². The van der Waals surface area contributed by atoms with Crippen molar-refractivity contribution in [3.8, 4) is 11.5 Å². The van der Waals surface area contributed by atoms with Crippen molar-refractivity contribution >= 4 is 21.2 Å². The molecule has 0 radical (unpaired) electrons. The van der Waals surface area contributed by atoms with Crippen LogP contribution in [-0.2, 0) is 9.84 Å². The number of sulfone groups is 1. The molecule has 0 spiro atoms. The van der Waals surface area contributed by atoms with E-state index in [2.05, 4.69) is 4.98 Å². The number of aromatic nitrogens is 1. The number of anilines is 1. The quantitative estimate of drug-likeness (QED) is 0.502. The SMILES string of the molecule is CCS(=O)(=O)c1ccc(Oc2cc([N+](=O)[O-])c(N)cc2F)cn1. The Balaban J connectivity index is 2.33. The van der Waals surface area contributed by atoms with Gasteiger partial charge in [-0.2, -0.15) is 0 Å². The number of nitrogens with zero attached hydrogens (tertiary/aromatic N) is 2. The summed E-state index contributed by atoms with van der Waals surface area (Å²) in [5, 5.41) is 10.7. The molecule has 10 heteroatoms. The molecular weight excluding hydrogens is 329 g/mol. The zero-order chi connectivity index (χ0) is 17.2. The number of nitro benzene ring substituents is 1. The summed E-state index contributed by atoms with van der Waals surface area (Å²) in [6.45, 7) is 1.48. The van der Waals surface area contributed by atoms with Gasteiger partial charge in [0.05, 0.1) is 22.9 Å². The second kappa shape index (κ2) is 6.16. The largest absolute Gasteiger partial charge is 0.452 e. The lowest BCUT2D eigenvalue weighted by atomic mass is 10.2. The summed E-state index contributed by atoms with van der Waals surface area (Å²) in [4.78, 5) is 13.8. The molecule has 0 saturated heterocycles. The number of ether oxygens (including phenoxy) is 1. The van der Waals surface area contributed by atoms with E-state index in [1.165, 1.54) is 19.1 Å². The van der Waals surface area contributed by atoms with Gasteiger partial charge in [0.15, 0.2) is 26.4 Å². The molecular formula is C13H12FN3O5S. The molecule has 0 aliphatic carbocycles. The Bertz CT molecular complexity index is 853. The van der Waals surface area contributed by atoms with E-state index >= 15 is 0 Å². The van der Waals surface area contributed by atoms with E-state index in [1.807, 2.05) is 0 Å². The summed E-state index contributed by atoms with van der Waals surface area (Å²) in [6.07, 6.45) is 1.09. The van der Waals surface area contributed by atoms with Crippen LogP contribution < -0.4 is 10.5 Å². The van der Waals surface area contributed by atoms with Gasteiger partial charge in [0.2, 0.25) is 0 Å². The Morgan fingerprint density at radius 2 is 2.09 bits per heavy atom. The van der Waals surface area contributed by atoms with E-state index in [0.717, 1.165) is 18.3 Å². The Morgan fingerprint density at radius 1 is 1.39 bits per heavy atom. The minimum Gasteiger partial charge on any atom is -0.452 e. The standard InChI is InChI=1S/C13H12FN3O5S/c1-2-23(20,21)13-4-3-8(7-16-13)22-12-6-11(17(18)19)10(15)5-9(12)14/h3-7H,2,15H2,1H3. The van der Waals surface area contributed by atoms with E-state index in [4.69, 9.17) is 10.5 Å². The topological polar surface area (TPSA) is 125 Å². The molecule has 0 aliphatic heterocycles. The molecule has 0 amide bonds. The molecule has 1 aromatic heterocycles. The van der Waals surface area contributed by atoms with Crippen molar-refractivity contribution in [1.29, 1.82) is 0 Å². The van der Waals surface area contributed by atoms with Gasteiger partial charge in [-0.3, -0.25) is 10.1 Å². The van der Waals surface area contributed by atoms with Gasteiger partial charge in [0, 0.05) is 6.07 Å². The Hall–Kier alpha value is -2.75. The molecule has 0 bridgehead atoms. The van der Waals surface area contributed by atoms with Crippen molar-refractivity contribution < 1.29 is 22.5 Å². The Morgan fingerprint density at radius 3 is 2.61 bits per heavy atom. The molecule has 1 aromatic carbocycles. The smallest absolute Gasteiger partial charge is 0.296 e. The van der Waals surface area contributed by atoms with Crippen molar-refractivity contribution in [2.75, 3.05) is 11.5 Å². The highest BCUT2D eigenvalue weighted by Gasteiger charge is 2.18. The average molecular weight is 341 g/mol. The van der Waals surface area contributed by atoms with Crippen LogP contribution in [0, 0.1) is 15.9 Å². The summed E-state index contributed by atoms with van der Waals surface area (Å²) < 4.78 is 42.2. The van der Waals surface area contributed by atoms with Crippen molar-refractivity contribution in [2.24, 2.45) is 0 Å². The average Bonchev–Trinajstić information content (AvgIpc) is 2.50. The van der Waals surface area contributed by atoms with Gasteiger partial charge in [-0.15, -0.1) is 0 Å². The third-order valence-corrected chi connectivity index (χ3v) is 4.55. The van der Waals surface area contributed by atoms with E-state index in [0.29, 0.717) is 0 Å². The number of rotatable bonds is 5. The van der Waals surface area contributed by atoms with Crippen LogP contribution in [0.2, 0.25) is 0 Å². The Kier molecular flexibility index (Phi) is 4.45. The van der Waals surface area contributed by atoms with Gasteiger partial charge in [0.1, 0.15) is 11.4 Å². The highest BCUT2D eigenvalue weighted by molar-refractivity contribution is 7.91. The highest BCUT2D eigenvalue weighted by atomic mass is 32.2. The summed E-state index contributed by atoms with van der Waals surface area (Å²) in [7, 11) is -3.47. The normalized spacial score (nSPS) is 11.2. The number of hydrogen-bond acceptors (Lipinski definition) is 7. The Labute approximate surface area is 130 Å². The summed E-state index contributed by atoms with van der Waals surface area (Å²) in [5.41, 5.74) is 4.52. The van der Waals surface area contributed by atoms with Gasteiger partial charge in [0.25, 0.3) is 5.69 Å². The number of nitrogens with two attached hydrogens (primary N) is 1. The molecule has 0 fully saturated rings. The van der Waals surface area contributed by atoms with Crippen molar-refractivity contribution in [3.05, 3.63) is 46.4 Å². The van der Waals surface area contributed by atoms with Gasteiger partial charge < -0.3 is 10.5 Å². The lowest BCUT2D eigenvalue weighted by Gasteiger charge is -2.08. The molecule has 0 aliphatic rings. The first kappa shape index (κ1) is 16.6. The highest BCUT2D eigenvalue weighted by Crippen LogP contribution is 2.32. The fourth-order valence-corrected chi connectivity index (χ4v) is 2.46. The van der Waals surface area contributed by atoms with Crippen LogP contribution in [0.15, 0.2) is 35.5 Å². The van der Waals surface area contributed by atoms with Crippen molar-refractivity contribution in [3.63, 3.8) is 0 Å². The number of pyridine rings is 1. The lowest BCUT2D eigenvalue weighted by Crippen LogP contribution is -2.05. The summed E-state index contributed by atoms with van der Waals surface area (Å²) in [5.74, 6) is -1.39. The van der Waals surface area contributed by atoms with Gasteiger partial charge in [-0.1, -0.05) is 6.92 Å². The molecule has 2 N–H and O–H groups in total. The first-order valence-electron chi connectivity index (χ1n) is 6.34. The van der Waals surface area contributed by atoms with Gasteiger partial charge in [-0.25, -0.2) is 17.8 Å². The maximum absolute atomic E-state index is 13.8. The van der Waals surface area contributed by atoms with Crippen LogP contribution >= 0.6 is 0 Å². The second-order valence-corrected chi connectivity index (χ2v) is 6.66. The zero-order valence-electron chi connectivity index (χ0n) is 11.9. The fourth-order valence-electron chi connectivity index (χ4n) is 1.68. The van der Waals surface area contributed by atoms with Crippen LogP contribution in [0.3, 0.4) is 0 Å². The van der Waals surface area contributed by atoms with Gasteiger partial charge >= 0.3 is 0 Å². The summed E-state index contributed by atoms with van der Waals surface area (Å²) >= 11 is 0. The molecule has 23 heavy (non-hydrogen) atoms. The van der Waals surface area contributed by atoms with Crippen molar-refractivity contribution in [1.82, 2.24) is 4.98 Å². The minimum atomic E-state index is -3.47. The molecule has 2 rings (SSSR count).